The summed E-state index contributed by atoms with van der Waals surface area (Å²) in [7, 11) is -7.36. The van der Waals surface area contributed by atoms with Gasteiger partial charge in [0.15, 0.2) is 0 Å². The number of methoxy groups -OCH3 is 1. The van der Waals surface area contributed by atoms with Gasteiger partial charge < -0.3 is 14.9 Å². The van der Waals surface area contributed by atoms with Crippen molar-refractivity contribution in [3.8, 4) is 5.75 Å². The number of aliphatic hydroxyl groups excluding tert-OH is 2. The van der Waals surface area contributed by atoms with Crippen LogP contribution in [-0.4, -0.2) is 56.0 Å². The first kappa shape index (κ1) is 21.0. The Labute approximate surface area is 139 Å². The highest BCUT2D eigenvalue weighted by Crippen LogP contribution is 2.54. The summed E-state index contributed by atoms with van der Waals surface area (Å²) in [5.41, 5.74) is -5.07. The van der Waals surface area contributed by atoms with Crippen molar-refractivity contribution in [2.24, 2.45) is 0 Å². The van der Waals surface area contributed by atoms with Gasteiger partial charge in [0, 0.05) is 17.3 Å². The Hall–Kier alpha value is -1.01. The maximum atomic E-state index is 12.6. The van der Waals surface area contributed by atoms with E-state index in [4.69, 9.17) is 14.9 Å². The summed E-state index contributed by atoms with van der Waals surface area (Å²) in [6, 6.07) is 6.24. The summed E-state index contributed by atoms with van der Waals surface area (Å²) in [5.74, 6) is -0.260. The van der Waals surface area contributed by atoms with Crippen LogP contribution in [0.1, 0.15) is 5.56 Å². The highest BCUT2D eigenvalue weighted by Gasteiger charge is 2.50. The molecule has 0 aliphatic heterocycles. The number of ether oxygens (including phenoxy) is 1. The minimum Gasteiger partial charge on any atom is -0.497 e. The number of alkyl halides is 3. The average Bonchev–Trinajstić information content (AvgIpc) is 2.47. The van der Waals surface area contributed by atoms with Crippen LogP contribution in [0.5, 0.6) is 5.75 Å². The fraction of sp³-hybridized carbons (Fsp3) is 0.538. The zero-order valence-electron chi connectivity index (χ0n) is 12.8. The topological polar surface area (TPSA) is 93.1 Å². The molecule has 0 unspecified atom stereocenters. The van der Waals surface area contributed by atoms with Crippen LogP contribution in [0.2, 0.25) is 0 Å². The summed E-state index contributed by atoms with van der Waals surface area (Å²) in [5, 5.41) is 18.3. The number of halogens is 3. The van der Waals surface area contributed by atoms with Gasteiger partial charge in [-0.05, 0) is 17.7 Å². The van der Waals surface area contributed by atoms with E-state index in [9.17, 15) is 21.6 Å². The molecule has 1 aromatic carbocycles. The molecule has 2 N–H and O–H groups in total. The van der Waals surface area contributed by atoms with Crippen molar-refractivity contribution >= 4 is 20.4 Å². The van der Waals surface area contributed by atoms with Crippen LogP contribution in [0.4, 0.5) is 13.2 Å². The van der Waals surface area contributed by atoms with E-state index in [0.717, 1.165) is 0 Å². The Morgan fingerprint density at radius 3 is 1.92 bits per heavy atom. The molecule has 0 saturated heterocycles. The van der Waals surface area contributed by atoms with E-state index in [1.54, 1.807) is 24.3 Å². The van der Waals surface area contributed by atoms with Crippen molar-refractivity contribution in [2.75, 3.05) is 31.8 Å². The first-order valence-electron chi connectivity index (χ1n) is 6.72. The maximum Gasteiger partial charge on any atom is 0.523 e. The Morgan fingerprint density at radius 2 is 1.54 bits per heavy atom. The summed E-state index contributed by atoms with van der Waals surface area (Å²) in [4.78, 5) is 0. The molecule has 0 fully saturated rings. The van der Waals surface area contributed by atoms with Crippen LogP contribution in [0.25, 0.3) is 0 Å². The van der Waals surface area contributed by atoms with E-state index >= 15 is 0 Å². The Morgan fingerprint density at radius 1 is 1.04 bits per heavy atom. The summed E-state index contributed by atoms with van der Waals surface area (Å²) in [6.45, 7) is -1.14. The van der Waals surface area contributed by atoms with Crippen molar-refractivity contribution in [3.63, 3.8) is 0 Å². The highest BCUT2D eigenvalue weighted by atomic mass is 32.3. The Bertz CT molecular complexity index is 610. The Balaban J connectivity index is 3.17. The van der Waals surface area contributed by atoms with Gasteiger partial charge in [-0.3, -0.25) is 0 Å². The molecule has 1 aromatic rings. The summed E-state index contributed by atoms with van der Waals surface area (Å²) in [6.07, 6.45) is 0. The third-order valence-corrected chi connectivity index (χ3v) is 8.18. The highest BCUT2D eigenvalue weighted by molar-refractivity contribution is 8.32. The van der Waals surface area contributed by atoms with Crippen LogP contribution in [0.15, 0.2) is 24.3 Å². The van der Waals surface area contributed by atoms with E-state index in [-0.39, 0.29) is 17.3 Å². The quantitative estimate of drug-likeness (QED) is 0.622. The molecule has 0 bridgehead atoms. The van der Waals surface area contributed by atoms with Crippen molar-refractivity contribution < 1.29 is 40.2 Å². The fourth-order valence-corrected chi connectivity index (χ4v) is 6.45. The van der Waals surface area contributed by atoms with Gasteiger partial charge >= 0.3 is 15.6 Å². The average molecular weight is 392 g/mol. The molecule has 24 heavy (non-hydrogen) atoms. The number of aliphatic hydroxyl groups is 2. The summed E-state index contributed by atoms with van der Waals surface area (Å²) >= 11 is 0. The predicted molar refractivity (Wildman–Crippen MR) is 84.3 cm³/mol. The first-order chi connectivity index (χ1) is 11.1. The maximum absolute atomic E-state index is 12.6. The lowest BCUT2D eigenvalue weighted by Crippen LogP contribution is -2.30. The van der Waals surface area contributed by atoms with Gasteiger partial charge in [0.25, 0.3) is 0 Å². The third-order valence-electron chi connectivity index (χ3n) is 3.03. The standard InChI is InChI=1S/C13H19F3O6S2/c1-21-12-4-2-11(3-5-12)10-23(8-6-17,9-7-18)22-24(19,20)13(14,15)16/h2-5,17-18H,6-10H2,1H3. The molecule has 1 rings (SSSR count). The van der Waals surface area contributed by atoms with Gasteiger partial charge in [-0.2, -0.15) is 21.6 Å². The molecular weight excluding hydrogens is 373 g/mol. The molecule has 0 amide bonds. The molecule has 0 aliphatic carbocycles. The Kier molecular flexibility index (Phi) is 7.35. The molecule has 0 radical (unpaired) electrons. The molecule has 0 aromatic heterocycles. The lowest BCUT2D eigenvalue weighted by atomic mass is 10.2. The minimum absolute atomic E-state index is 0.159. The van der Waals surface area contributed by atoms with Crippen LogP contribution in [0, 0.1) is 0 Å². The van der Waals surface area contributed by atoms with E-state index < -0.39 is 39.1 Å². The molecule has 0 aliphatic rings. The van der Waals surface area contributed by atoms with E-state index in [1.165, 1.54) is 7.11 Å². The van der Waals surface area contributed by atoms with Gasteiger partial charge in [-0.1, -0.05) is 12.1 Å². The van der Waals surface area contributed by atoms with Gasteiger partial charge in [-0.25, -0.2) is 3.63 Å². The van der Waals surface area contributed by atoms with Crippen molar-refractivity contribution in [1.29, 1.82) is 0 Å². The lowest BCUT2D eigenvalue weighted by Gasteiger charge is -2.37. The second-order valence-corrected chi connectivity index (χ2v) is 9.73. The number of rotatable bonds is 9. The second-order valence-electron chi connectivity index (χ2n) is 4.78. The van der Waals surface area contributed by atoms with Gasteiger partial charge in [-0.15, -0.1) is 10.3 Å². The van der Waals surface area contributed by atoms with Crippen molar-refractivity contribution in [3.05, 3.63) is 29.8 Å². The van der Waals surface area contributed by atoms with E-state index in [1.807, 2.05) is 0 Å². The van der Waals surface area contributed by atoms with Crippen LogP contribution >= 0.6 is 10.3 Å². The van der Waals surface area contributed by atoms with Crippen LogP contribution in [-0.2, 0) is 19.5 Å². The molecular formula is C13H19F3O6S2. The molecule has 11 heteroatoms. The molecule has 0 spiro atoms. The third kappa shape index (κ3) is 5.52. The predicted octanol–water partition coefficient (Wildman–Crippen LogP) is 1.77. The van der Waals surface area contributed by atoms with Crippen molar-refractivity contribution in [2.45, 2.75) is 11.3 Å². The monoisotopic (exact) mass is 392 g/mol. The fourth-order valence-electron chi connectivity index (χ4n) is 1.93. The normalized spacial score (nSPS) is 13.8. The minimum atomic E-state index is -5.84. The zero-order chi connectivity index (χ0) is 18.4. The second kappa shape index (κ2) is 8.39. The number of hydrogen-bond acceptors (Lipinski definition) is 6. The molecule has 140 valence electrons. The molecule has 6 nitrogen and oxygen atoms in total. The van der Waals surface area contributed by atoms with E-state index in [0.29, 0.717) is 11.3 Å². The van der Waals surface area contributed by atoms with Crippen LogP contribution in [0.3, 0.4) is 0 Å². The smallest absolute Gasteiger partial charge is 0.497 e. The van der Waals surface area contributed by atoms with Crippen LogP contribution < -0.4 is 4.74 Å². The SMILES string of the molecule is COc1ccc(CS(CCO)(CCO)OS(=O)(=O)C(F)(F)F)cc1. The van der Waals surface area contributed by atoms with E-state index in [2.05, 4.69) is 3.63 Å². The van der Waals surface area contributed by atoms with Crippen molar-refractivity contribution in [1.82, 2.24) is 0 Å². The lowest BCUT2D eigenvalue weighted by molar-refractivity contribution is -0.0496. The van der Waals surface area contributed by atoms with Gasteiger partial charge in [0.2, 0.25) is 0 Å². The molecule has 0 heterocycles. The number of hydrogen-bond donors (Lipinski definition) is 2. The first-order valence-corrected chi connectivity index (χ1v) is 10.2. The molecule has 0 saturated carbocycles. The largest absolute Gasteiger partial charge is 0.523 e. The zero-order valence-corrected chi connectivity index (χ0v) is 14.5. The van der Waals surface area contributed by atoms with Gasteiger partial charge in [0.1, 0.15) is 5.75 Å². The van der Waals surface area contributed by atoms with Gasteiger partial charge in [0.05, 0.1) is 20.3 Å². The summed E-state index contributed by atoms with van der Waals surface area (Å²) < 4.78 is 70.2. The molecule has 0 atom stereocenters. The number of benzene rings is 1.